The van der Waals surface area contributed by atoms with E-state index in [4.69, 9.17) is 5.73 Å². The van der Waals surface area contributed by atoms with Crippen molar-refractivity contribution in [1.29, 1.82) is 0 Å². The molecule has 7 nitrogen and oxygen atoms in total. The molecule has 0 spiro atoms. The lowest BCUT2D eigenvalue weighted by atomic mass is 10.0. The maximum Gasteiger partial charge on any atom is 0.269 e. The van der Waals surface area contributed by atoms with Crippen LogP contribution in [0, 0.1) is 0 Å². The fourth-order valence-electron chi connectivity index (χ4n) is 2.14. The molecule has 0 fully saturated rings. The van der Waals surface area contributed by atoms with Crippen molar-refractivity contribution in [2.45, 2.75) is 12.8 Å². The number of H-pyrrole nitrogens is 1. The van der Waals surface area contributed by atoms with Crippen LogP contribution in [0.2, 0.25) is 0 Å². The van der Waals surface area contributed by atoms with Crippen molar-refractivity contribution >= 4 is 28.6 Å². The van der Waals surface area contributed by atoms with Crippen LogP contribution in [0.25, 0.3) is 0 Å². The highest BCUT2D eigenvalue weighted by molar-refractivity contribution is 7.10. The third-order valence-electron chi connectivity index (χ3n) is 3.33. The first-order valence-electron chi connectivity index (χ1n) is 6.84. The number of nitrogens with two attached hydrogens (primary N) is 1. The largest absolute Gasteiger partial charge is 0.399 e. The van der Waals surface area contributed by atoms with Crippen molar-refractivity contribution in [1.82, 2.24) is 20.6 Å². The highest BCUT2D eigenvalue weighted by Crippen LogP contribution is 2.22. The summed E-state index contributed by atoms with van der Waals surface area (Å²) in [6, 6.07) is 9.53. The van der Waals surface area contributed by atoms with E-state index in [0.717, 1.165) is 16.0 Å². The van der Waals surface area contributed by atoms with E-state index < -0.39 is 11.6 Å². The Morgan fingerprint density at radius 3 is 2.65 bits per heavy atom. The van der Waals surface area contributed by atoms with E-state index in [1.807, 2.05) is 35.7 Å². The molecule has 8 heteroatoms. The molecule has 0 saturated heterocycles. The number of ketones is 2. The predicted octanol–water partition coefficient (Wildman–Crippen LogP) is 1.43. The Balaban J connectivity index is 1.72. The number of rotatable bonds is 6. The van der Waals surface area contributed by atoms with Crippen LogP contribution in [0.4, 0.5) is 5.69 Å². The minimum absolute atomic E-state index is 0.0370. The number of aromatic nitrogens is 4. The number of nitrogens with zero attached hydrogens (tertiary/aromatic N) is 3. The summed E-state index contributed by atoms with van der Waals surface area (Å²) >= 11 is 1.45. The molecule has 0 unspecified atom stereocenters. The lowest BCUT2D eigenvalue weighted by Crippen LogP contribution is -2.18. The van der Waals surface area contributed by atoms with Gasteiger partial charge in [-0.2, -0.15) is 5.21 Å². The molecule has 0 amide bonds. The summed E-state index contributed by atoms with van der Waals surface area (Å²) in [4.78, 5) is 24.8. The van der Waals surface area contributed by atoms with E-state index in [2.05, 4.69) is 20.6 Å². The third kappa shape index (κ3) is 3.49. The van der Waals surface area contributed by atoms with Gasteiger partial charge in [-0.1, -0.05) is 12.1 Å². The van der Waals surface area contributed by atoms with Crippen molar-refractivity contribution in [2.75, 3.05) is 5.73 Å². The van der Waals surface area contributed by atoms with E-state index in [9.17, 15) is 9.59 Å². The van der Waals surface area contributed by atoms with Gasteiger partial charge < -0.3 is 5.73 Å². The summed E-state index contributed by atoms with van der Waals surface area (Å²) in [5, 5.41) is 14.4. The number of anilines is 1. The Hall–Kier alpha value is -2.87. The molecule has 1 aromatic carbocycles. The Morgan fingerprint density at radius 2 is 1.96 bits per heavy atom. The van der Waals surface area contributed by atoms with Gasteiger partial charge in [-0.15, -0.1) is 21.5 Å². The number of thiophene rings is 1. The summed E-state index contributed by atoms with van der Waals surface area (Å²) in [7, 11) is 0. The fourth-order valence-corrected chi connectivity index (χ4v) is 3.05. The van der Waals surface area contributed by atoms with Gasteiger partial charge in [0.15, 0.2) is 0 Å². The topological polar surface area (TPSA) is 115 Å². The maximum atomic E-state index is 12.1. The molecule has 3 rings (SSSR count). The highest BCUT2D eigenvalue weighted by atomic mass is 32.1. The minimum Gasteiger partial charge on any atom is -0.399 e. The number of aromatic amines is 1. The molecule has 0 radical (unpaired) electrons. The molecular weight excluding hydrogens is 314 g/mol. The number of tetrazole rings is 1. The monoisotopic (exact) mass is 327 g/mol. The molecule has 0 atom stereocenters. The van der Waals surface area contributed by atoms with E-state index in [-0.39, 0.29) is 12.2 Å². The van der Waals surface area contributed by atoms with Crippen molar-refractivity contribution in [3.05, 3.63) is 57.5 Å². The summed E-state index contributed by atoms with van der Waals surface area (Å²) in [5.41, 5.74) is 8.50. The van der Waals surface area contributed by atoms with Crippen LogP contribution >= 0.6 is 11.3 Å². The SMILES string of the molecule is Nc1ccc(Cc2ccsc2CC(=O)C(=O)c2nn[nH]n2)cc1. The second-order valence-electron chi connectivity index (χ2n) is 4.95. The summed E-state index contributed by atoms with van der Waals surface area (Å²) in [6.45, 7) is 0. The van der Waals surface area contributed by atoms with Crippen LogP contribution in [0.5, 0.6) is 0 Å². The van der Waals surface area contributed by atoms with Crippen LogP contribution in [0.15, 0.2) is 35.7 Å². The summed E-state index contributed by atoms with van der Waals surface area (Å²) in [6.07, 6.45) is 0.720. The molecule has 0 aliphatic rings. The molecular formula is C15H13N5O2S. The molecule has 116 valence electrons. The zero-order valence-electron chi connectivity index (χ0n) is 12.0. The molecule has 0 saturated carbocycles. The number of Topliss-reactive ketones (excluding diaryl/α,β-unsaturated/α-hetero) is 2. The van der Waals surface area contributed by atoms with Crippen LogP contribution in [0.3, 0.4) is 0 Å². The molecule has 0 aliphatic heterocycles. The van der Waals surface area contributed by atoms with E-state index >= 15 is 0 Å². The van der Waals surface area contributed by atoms with Crippen molar-refractivity contribution in [2.24, 2.45) is 0 Å². The lowest BCUT2D eigenvalue weighted by molar-refractivity contribution is -0.114. The first kappa shape index (κ1) is 15.0. The molecule has 23 heavy (non-hydrogen) atoms. The number of hydrogen-bond acceptors (Lipinski definition) is 7. The molecule has 2 aromatic heterocycles. The van der Waals surface area contributed by atoms with Gasteiger partial charge in [0.25, 0.3) is 5.78 Å². The van der Waals surface area contributed by atoms with E-state index in [0.29, 0.717) is 12.1 Å². The summed E-state index contributed by atoms with van der Waals surface area (Å²) in [5.74, 6) is -1.48. The van der Waals surface area contributed by atoms with Gasteiger partial charge in [-0.25, -0.2) is 0 Å². The van der Waals surface area contributed by atoms with E-state index in [1.165, 1.54) is 11.3 Å². The second-order valence-corrected chi connectivity index (χ2v) is 5.95. The quantitative estimate of drug-likeness (QED) is 0.402. The first-order chi connectivity index (χ1) is 11.1. The van der Waals surface area contributed by atoms with Gasteiger partial charge in [0, 0.05) is 17.0 Å². The Morgan fingerprint density at radius 1 is 1.17 bits per heavy atom. The van der Waals surface area contributed by atoms with Crippen LogP contribution in [0.1, 0.15) is 26.6 Å². The number of nitrogens with one attached hydrogen (secondary N) is 1. The predicted molar refractivity (Wildman–Crippen MR) is 85.2 cm³/mol. The zero-order valence-corrected chi connectivity index (χ0v) is 12.8. The third-order valence-corrected chi connectivity index (χ3v) is 4.30. The molecule has 3 aromatic rings. The zero-order chi connectivity index (χ0) is 16.2. The molecule has 3 N–H and O–H groups in total. The van der Waals surface area contributed by atoms with Crippen molar-refractivity contribution in [3.8, 4) is 0 Å². The van der Waals surface area contributed by atoms with Gasteiger partial charge in [0.05, 0.1) is 0 Å². The van der Waals surface area contributed by atoms with Gasteiger partial charge in [0.1, 0.15) is 0 Å². The van der Waals surface area contributed by atoms with Crippen molar-refractivity contribution in [3.63, 3.8) is 0 Å². The maximum absolute atomic E-state index is 12.1. The molecule has 0 aliphatic carbocycles. The van der Waals surface area contributed by atoms with Gasteiger partial charge in [-0.3, -0.25) is 9.59 Å². The second kappa shape index (κ2) is 6.49. The van der Waals surface area contributed by atoms with Gasteiger partial charge in [-0.05, 0) is 46.3 Å². The van der Waals surface area contributed by atoms with E-state index in [1.54, 1.807) is 0 Å². The lowest BCUT2D eigenvalue weighted by Gasteiger charge is -2.04. The average Bonchev–Trinajstić information content (AvgIpc) is 3.21. The summed E-state index contributed by atoms with van der Waals surface area (Å²) < 4.78 is 0. The number of nitrogen functional groups attached to an aromatic ring is 1. The Kier molecular flexibility index (Phi) is 4.24. The molecule has 0 bridgehead atoms. The highest BCUT2D eigenvalue weighted by Gasteiger charge is 2.22. The number of carbonyl (C=O) groups is 2. The minimum atomic E-state index is -0.731. The normalized spacial score (nSPS) is 10.6. The Bertz CT molecular complexity index is 824. The number of hydrogen-bond donors (Lipinski definition) is 2. The van der Waals surface area contributed by atoms with Gasteiger partial charge >= 0.3 is 0 Å². The smallest absolute Gasteiger partial charge is 0.269 e. The van der Waals surface area contributed by atoms with Crippen LogP contribution in [-0.4, -0.2) is 32.2 Å². The average molecular weight is 327 g/mol. The number of carbonyl (C=O) groups excluding carboxylic acids is 2. The number of benzene rings is 1. The standard InChI is InChI=1S/C15H13N5O2S/c16-11-3-1-9(2-4-11)7-10-5-6-23-13(10)8-12(21)14(22)15-17-19-20-18-15/h1-6H,7-8,16H2,(H,17,18,19,20). The fraction of sp³-hybridized carbons (Fsp3) is 0.133. The first-order valence-corrected chi connectivity index (χ1v) is 7.72. The molecule has 2 heterocycles. The van der Waals surface area contributed by atoms with Gasteiger partial charge in [0.2, 0.25) is 11.6 Å². The van der Waals surface area contributed by atoms with Crippen LogP contribution in [-0.2, 0) is 17.6 Å². The Labute approximate surface area is 135 Å². The van der Waals surface area contributed by atoms with Crippen molar-refractivity contribution < 1.29 is 9.59 Å². The van der Waals surface area contributed by atoms with Crippen LogP contribution < -0.4 is 5.73 Å².